The van der Waals surface area contributed by atoms with Gasteiger partial charge < -0.3 is 11.5 Å². The van der Waals surface area contributed by atoms with Crippen LogP contribution in [0.2, 0.25) is 0 Å². The minimum atomic E-state index is -0.363. The molecule has 0 saturated heterocycles. The number of aromatic nitrogens is 2. The third-order valence-corrected chi connectivity index (χ3v) is 4.16. The first-order valence-corrected chi connectivity index (χ1v) is 7.97. The number of nitrogen functional groups attached to an aromatic ring is 2. The highest BCUT2D eigenvalue weighted by Gasteiger charge is 2.16. The Bertz CT molecular complexity index is 992. The second kappa shape index (κ2) is 6.92. The van der Waals surface area contributed by atoms with Crippen molar-refractivity contribution in [2.24, 2.45) is 0 Å². The molecule has 0 amide bonds. The van der Waals surface area contributed by atoms with E-state index < -0.39 is 0 Å². The van der Waals surface area contributed by atoms with Crippen molar-refractivity contribution in [3.05, 3.63) is 82.2 Å². The molecule has 3 aromatic rings. The second-order valence-corrected chi connectivity index (χ2v) is 6.05. The van der Waals surface area contributed by atoms with E-state index in [4.69, 9.17) is 11.5 Å². The number of hydrogen-bond donors (Lipinski definition) is 2. The Morgan fingerprint density at radius 2 is 1.46 bits per heavy atom. The second-order valence-electron chi connectivity index (χ2n) is 6.05. The number of hydrogen-bond acceptors (Lipinski definition) is 4. The maximum absolute atomic E-state index is 14.1. The predicted octanol–water partition coefficient (Wildman–Crippen LogP) is 4.12. The van der Waals surface area contributed by atoms with Crippen LogP contribution in [0.25, 0.3) is 11.6 Å². The lowest BCUT2D eigenvalue weighted by atomic mass is 9.95. The molecule has 26 heavy (non-hydrogen) atoms. The summed E-state index contributed by atoms with van der Waals surface area (Å²) >= 11 is 0. The molecule has 0 saturated carbocycles. The number of aryl methyl sites for hydroxylation is 2. The number of rotatable bonds is 3. The molecule has 0 aliphatic heterocycles. The van der Waals surface area contributed by atoms with Crippen molar-refractivity contribution in [3.8, 4) is 0 Å². The number of halogens is 2. The van der Waals surface area contributed by atoms with Gasteiger partial charge in [0, 0.05) is 0 Å². The minimum Gasteiger partial charge on any atom is -0.383 e. The van der Waals surface area contributed by atoms with E-state index in [9.17, 15) is 8.78 Å². The van der Waals surface area contributed by atoms with E-state index in [-0.39, 0.29) is 23.3 Å². The first kappa shape index (κ1) is 17.5. The molecule has 3 rings (SSSR count). The molecule has 1 aromatic heterocycles. The van der Waals surface area contributed by atoms with Gasteiger partial charge in [-0.3, -0.25) is 0 Å². The Kier molecular flexibility index (Phi) is 4.67. The fourth-order valence-electron chi connectivity index (χ4n) is 2.62. The van der Waals surface area contributed by atoms with Crippen molar-refractivity contribution in [1.82, 2.24) is 9.97 Å². The highest BCUT2D eigenvalue weighted by molar-refractivity contribution is 5.97. The summed E-state index contributed by atoms with van der Waals surface area (Å²) in [6, 6.07) is 9.63. The van der Waals surface area contributed by atoms with Crippen molar-refractivity contribution < 1.29 is 8.78 Å². The average molecular weight is 352 g/mol. The standard InChI is InChI=1S/C20H18F2N4/c1-11-3-5-13(8-16(11)21)7-15(14-6-4-12(2)17(22)9-14)18-19(23)25-10-26-20(18)24/h3-10H,1-2H3,(H4,23,24,25,26)/b15-7+. The van der Waals surface area contributed by atoms with E-state index in [1.807, 2.05) is 0 Å². The minimum absolute atomic E-state index is 0.164. The van der Waals surface area contributed by atoms with E-state index in [0.717, 1.165) is 0 Å². The molecule has 2 aromatic carbocycles. The monoisotopic (exact) mass is 352 g/mol. The lowest BCUT2D eigenvalue weighted by molar-refractivity contribution is 0.617. The van der Waals surface area contributed by atoms with Crippen molar-refractivity contribution in [1.29, 1.82) is 0 Å². The summed E-state index contributed by atoms with van der Waals surface area (Å²) in [7, 11) is 0. The van der Waals surface area contributed by atoms with Crippen LogP contribution in [-0.2, 0) is 0 Å². The van der Waals surface area contributed by atoms with Gasteiger partial charge in [0.1, 0.15) is 29.6 Å². The third kappa shape index (κ3) is 3.39. The van der Waals surface area contributed by atoms with Gasteiger partial charge in [-0.25, -0.2) is 18.7 Å². The highest BCUT2D eigenvalue weighted by Crippen LogP contribution is 2.33. The van der Waals surface area contributed by atoms with E-state index in [2.05, 4.69) is 9.97 Å². The van der Waals surface area contributed by atoms with E-state index in [0.29, 0.717) is 33.4 Å². The molecule has 4 N–H and O–H groups in total. The summed E-state index contributed by atoms with van der Waals surface area (Å²) < 4.78 is 28.1. The van der Waals surface area contributed by atoms with Crippen LogP contribution in [0.1, 0.15) is 27.8 Å². The van der Waals surface area contributed by atoms with Crippen molar-refractivity contribution >= 4 is 23.3 Å². The third-order valence-electron chi connectivity index (χ3n) is 4.16. The van der Waals surface area contributed by atoms with Crippen LogP contribution < -0.4 is 11.5 Å². The molecule has 0 aliphatic rings. The highest BCUT2D eigenvalue weighted by atomic mass is 19.1. The zero-order valence-corrected chi connectivity index (χ0v) is 14.4. The molecule has 1 heterocycles. The van der Waals surface area contributed by atoms with Crippen LogP contribution in [-0.4, -0.2) is 9.97 Å². The van der Waals surface area contributed by atoms with E-state index >= 15 is 0 Å². The number of nitrogens with two attached hydrogens (primary N) is 2. The maximum atomic E-state index is 14.1. The van der Waals surface area contributed by atoms with E-state index in [1.54, 1.807) is 44.2 Å². The predicted molar refractivity (Wildman–Crippen MR) is 100 cm³/mol. The van der Waals surface area contributed by atoms with Crippen LogP contribution in [0.5, 0.6) is 0 Å². The fraction of sp³-hybridized carbons (Fsp3) is 0.100. The summed E-state index contributed by atoms with van der Waals surface area (Å²) in [6.07, 6.45) is 2.95. The summed E-state index contributed by atoms with van der Waals surface area (Å²) in [5.74, 6) is -0.370. The summed E-state index contributed by atoms with van der Waals surface area (Å²) in [4.78, 5) is 7.96. The Labute approximate surface area is 150 Å². The molecule has 0 spiro atoms. The molecule has 0 unspecified atom stereocenters. The van der Waals surface area contributed by atoms with Crippen molar-refractivity contribution in [3.63, 3.8) is 0 Å². The lowest BCUT2D eigenvalue weighted by Gasteiger charge is -2.13. The van der Waals surface area contributed by atoms with Gasteiger partial charge in [0.15, 0.2) is 0 Å². The molecule has 0 fully saturated rings. The fourth-order valence-corrected chi connectivity index (χ4v) is 2.62. The first-order valence-electron chi connectivity index (χ1n) is 7.97. The SMILES string of the molecule is Cc1ccc(/C=C(\c2ccc(C)c(F)c2)c2c(N)ncnc2N)cc1F. The van der Waals surface area contributed by atoms with E-state index in [1.165, 1.54) is 18.5 Å². The molecule has 132 valence electrons. The van der Waals surface area contributed by atoms with Gasteiger partial charge in [0.05, 0.1) is 5.56 Å². The van der Waals surface area contributed by atoms with Gasteiger partial charge in [0.2, 0.25) is 0 Å². The molecule has 0 radical (unpaired) electrons. The summed E-state index contributed by atoms with van der Waals surface area (Å²) in [6.45, 7) is 3.35. The van der Waals surface area contributed by atoms with Crippen LogP contribution in [0, 0.1) is 25.5 Å². The largest absolute Gasteiger partial charge is 0.383 e. The smallest absolute Gasteiger partial charge is 0.136 e. The molecular formula is C20H18F2N4. The van der Waals surface area contributed by atoms with Crippen LogP contribution in [0.15, 0.2) is 42.7 Å². The van der Waals surface area contributed by atoms with Crippen LogP contribution in [0.4, 0.5) is 20.4 Å². The van der Waals surface area contributed by atoms with Gasteiger partial charge in [-0.05, 0) is 59.9 Å². The Morgan fingerprint density at radius 1 is 0.885 bits per heavy atom. The number of benzene rings is 2. The Balaban J connectivity index is 2.26. The Morgan fingerprint density at radius 3 is 2.04 bits per heavy atom. The summed E-state index contributed by atoms with van der Waals surface area (Å²) in [5.41, 5.74) is 15.1. The Hall–Kier alpha value is -3.28. The molecule has 4 nitrogen and oxygen atoms in total. The molecule has 6 heteroatoms. The van der Waals surface area contributed by atoms with Crippen LogP contribution >= 0.6 is 0 Å². The molecule has 0 aliphatic carbocycles. The molecular weight excluding hydrogens is 334 g/mol. The lowest BCUT2D eigenvalue weighted by Crippen LogP contribution is -2.05. The van der Waals surface area contributed by atoms with Gasteiger partial charge in [-0.15, -0.1) is 0 Å². The van der Waals surface area contributed by atoms with Gasteiger partial charge >= 0.3 is 0 Å². The zero-order chi connectivity index (χ0) is 18.8. The summed E-state index contributed by atoms with van der Waals surface area (Å²) in [5, 5.41) is 0. The number of anilines is 2. The van der Waals surface area contributed by atoms with Crippen molar-refractivity contribution in [2.45, 2.75) is 13.8 Å². The van der Waals surface area contributed by atoms with Gasteiger partial charge in [0.25, 0.3) is 0 Å². The normalized spacial score (nSPS) is 11.6. The quantitative estimate of drug-likeness (QED) is 0.695. The average Bonchev–Trinajstić information content (AvgIpc) is 2.59. The topological polar surface area (TPSA) is 77.8 Å². The van der Waals surface area contributed by atoms with Gasteiger partial charge in [-0.2, -0.15) is 0 Å². The maximum Gasteiger partial charge on any atom is 0.136 e. The molecule has 0 bridgehead atoms. The molecule has 0 atom stereocenters. The van der Waals surface area contributed by atoms with Crippen molar-refractivity contribution in [2.75, 3.05) is 11.5 Å². The number of nitrogens with zero attached hydrogens (tertiary/aromatic N) is 2. The first-order chi connectivity index (χ1) is 12.4. The zero-order valence-electron chi connectivity index (χ0n) is 14.4. The van der Waals surface area contributed by atoms with Gasteiger partial charge in [-0.1, -0.05) is 24.3 Å². The van der Waals surface area contributed by atoms with Crippen LogP contribution in [0.3, 0.4) is 0 Å².